The molecule has 0 bridgehead atoms. The minimum absolute atomic E-state index is 0. The van der Waals surface area contributed by atoms with Crippen molar-refractivity contribution in [3.05, 3.63) is 51.8 Å². The molecule has 0 radical (unpaired) electrons. The molecule has 0 fully saturated rings. The lowest BCUT2D eigenvalue weighted by atomic mass is 10.2. The third-order valence-electron chi connectivity index (χ3n) is 3.87. The van der Waals surface area contributed by atoms with E-state index in [0.29, 0.717) is 36.5 Å². The molecule has 0 amide bonds. The molecule has 1 aromatic heterocycles. The molecule has 1 aromatic carbocycles. The Morgan fingerprint density at radius 3 is 2.61 bits per heavy atom. The number of halogens is 3. The average Bonchev–Trinajstić information content (AvgIpc) is 2.91. The lowest BCUT2D eigenvalue weighted by molar-refractivity contribution is 0.146. The molecule has 2 N–H and O–H groups in total. The molecular formula is C19H27Cl2IN4O2. The maximum absolute atomic E-state index is 6.11. The van der Waals surface area contributed by atoms with Gasteiger partial charge >= 0.3 is 0 Å². The van der Waals surface area contributed by atoms with Gasteiger partial charge in [0.15, 0.2) is 5.96 Å². The zero-order valence-corrected chi connectivity index (χ0v) is 20.1. The van der Waals surface area contributed by atoms with Crippen LogP contribution in [0.3, 0.4) is 0 Å². The number of hydrogen-bond donors (Lipinski definition) is 2. The third kappa shape index (κ3) is 7.69. The molecule has 0 aliphatic heterocycles. The van der Waals surface area contributed by atoms with E-state index in [4.69, 9.17) is 32.7 Å². The number of guanidine groups is 1. The quantitative estimate of drug-likeness (QED) is 0.216. The zero-order valence-electron chi connectivity index (χ0n) is 16.3. The van der Waals surface area contributed by atoms with E-state index in [1.54, 1.807) is 7.11 Å². The summed E-state index contributed by atoms with van der Waals surface area (Å²) in [6, 6.07) is 9.74. The smallest absolute Gasteiger partial charge is 0.191 e. The fourth-order valence-corrected chi connectivity index (χ4v) is 2.84. The van der Waals surface area contributed by atoms with Gasteiger partial charge in [0.1, 0.15) is 17.5 Å². The van der Waals surface area contributed by atoms with Crippen LogP contribution in [0.25, 0.3) is 0 Å². The van der Waals surface area contributed by atoms with E-state index in [1.807, 2.05) is 48.9 Å². The molecule has 0 aliphatic carbocycles. The Morgan fingerprint density at radius 2 is 1.96 bits per heavy atom. The summed E-state index contributed by atoms with van der Waals surface area (Å²) in [6.07, 6.45) is 0. The largest absolute Gasteiger partial charge is 0.491 e. The Hall–Kier alpha value is -1.16. The summed E-state index contributed by atoms with van der Waals surface area (Å²) in [5.74, 6) is 1.53. The topological polar surface area (TPSA) is 59.8 Å². The van der Waals surface area contributed by atoms with Crippen LogP contribution >= 0.6 is 47.2 Å². The van der Waals surface area contributed by atoms with Crippen LogP contribution in [0.4, 0.5) is 0 Å². The predicted molar refractivity (Wildman–Crippen MR) is 126 cm³/mol. The van der Waals surface area contributed by atoms with Gasteiger partial charge in [-0.2, -0.15) is 0 Å². The van der Waals surface area contributed by atoms with Crippen molar-refractivity contribution in [1.29, 1.82) is 0 Å². The molecule has 2 aromatic rings. The first-order valence-corrected chi connectivity index (χ1v) is 9.53. The molecule has 6 nitrogen and oxygen atoms in total. The Morgan fingerprint density at radius 1 is 1.18 bits per heavy atom. The maximum Gasteiger partial charge on any atom is 0.191 e. The summed E-state index contributed by atoms with van der Waals surface area (Å²) in [5.41, 5.74) is 2.04. The number of rotatable bonds is 9. The van der Waals surface area contributed by atoms with Crippen molar-refractivity contribution in [3.63, 3.8) is 0 Å². The van der Waals surface area contributed by atoms with Gasteiger partial charge in [-0.25, -0.2) is 4.99 Å². The highest BCUT2D eigenvalue weighted by molar-refractivity contribution is 14.0. The van der Waals surface area contributed by atoms with Gasteiger partial charge in [0, 0.05) is 26.4 Å². The second-order valence-electron chi connectivity index (χ2n) is 5.87. The summed E-state index contributed by atoms with van der Waals surface area (Å²) in [4.78, 5) is 4.63. The molecule has 0 saturated heterocycles. The SMILES string of the molecule is CCNC(=NCc1cccc(OCCOC)c1)NCc1cc(Cl)c(Cl)n1C.I. The minimum atomic E-state index is 0. The average molecular weight is 541 g/mol. The Labute approximate surface area is 193 Å². The number of nitrogens with zero attached hydrogens (tertiary/aromatic N) is 2. The van der Waals surface area contributed by atoms with Gasteiger partial charge in [-0.05, 0) is 30.7 Å². The van der Waals surface area contributed by atoms with Gasteiger partial charge in [0.2, 0.25) is 0 Å². The number of ether oxygens (including phenoxy) is 2. The van der Waals surface area contributed by atoms with Gasteiger partial charge in [-0.3, -0.25) is 0 Å². The van der Waals surface area contributed by atoms with E-state index in [9.17, 15) is 0 Å². The van der Waals surface area contributed by atoms with E-state index in [2.05, 4.69) is 15.6 Å². The number of benzene rings is 1. The fraction of sp³-hybridized carbons (Fsp3) is 0.421. The first kappa shape index (κ1) is 24.9. The molecule has 0 atom stereocenters. The second kappa shape index (κ2) is 13.1. The highest BCUT2D eigenvalue weighted by Gasteiger charge is 2.09. The van der Waals surface area contributed by atoms with Crippen LogP contribution in [0, 0.1) is 0 Å². The lowest BCUT2D eigenvalue weighted by Crippen LogP contribution is -2.37. The Bertz CT molecular complexity index is 768. The number of nitrogens with one attached hydrogen (secondary N) is 2. The first-order valence-electron chi connectivity index (χ1n) is 8.77. The first-order chi connectivity index (χ1) is 13.0. The molecule has 0 spiro atoms. The summed E-state index contributed by atoms with van der Waals surface area (Å²) in [5, 5.41) is 7.61. The fourth-order valence-electron chi connectivity index (χ4n) is 2.42. The van der Waals surface area contributed by atoms with Crippen LogP contribution in [0.2, 0.25) is 10.2 Å². The normalized spacial score (nSPS) is 11.1. The second-order valence-corrected chi connectivity index (χ2v) is 6.64. The van der Waals surface area contributed by atoms with Gasteiger partial charge < -0.3 is 24.7 Å². The highest BCUT2D eigenvalue weighted by Crippen LogP contribution is 2.24. The number of aromatic nitrogens is 1. The molecule has 0 saturated carbocycles. The van der Waals surface area contributed by atoms with Gasteiger partial charge in [0.25, 0.3) is 0 Å². The van der Waals surface area contributed by atoms with Crippen LogP contribution in [0.15, 0.2) is 35.3 Å². The summed E-state index contributed by atoms with van der Waals surface area (Å²) in [6.45, 7) is 4.97. The van der Waals surface area contributed by atoms with Crippen molar-refractivity contribution in [3.8, 4) is 5.75 Å². The third-order valence-corrected chi connectivity index (χ3v) is 4.71. The molecular weight excluding hydrogens is 514 g/mol. The summed E-state index contributed by atoms with van der Waals surface area (Å²) < 4.78 is 12.5. The molecule has 28 heavy (non-hydrogen) atoms. The van der Waals surface area contributed by atoms with Crippen molar-refractivity contribution in [1.82, 2.24) is 15.2 Å². The lowest BCUT2D eigenvalue weighted by Gasteiger charge is -2.12. The zero-order chi connectivity index (χ0) is 19.6. The Balaban J connectivity index is 0.00000392. The van der Waals surface area contributed by atoms with E-state index in [-0.39, 0.29) is 24.0 Å². The Kier molecular flexibility index (Phi) is 11.7. The van der Waals surface area contributed by atoms with Gasteiger partial charge in [0.05, 0.1) is 24.7 Å². The van der Waals surface area contributed by atoms with E-state index >= 15 is 0 Å². The summed E-state index contributed by atoms with van der Waals surface area (Å²) in [7, 11) is 3.53. The molecule has 0 aliphatic rings. The molecule has 9 heteroatoms. The highest BCUT2D eigenvalue weighted by atomic mass is 127. The predicted octanol–water partition coefficient (Wildman–Crippen LogP) is 4.23. The van der Waals surface area contributed by atoms with Crippen LogP contribution in [-0.4, -0.2) is 37.4 Å². The summed E-state index contributed by atoms with van der Waals surface area (Å²) >= 11 is 12.2. The molecule has 0 unspecified atom stereocenters. The minimum Gasteiger partial charge on any atom is -0.491 e. The molecule has 1 heterocycles. The van der Waals surface area contributed by atoms with Crippen LogP contribution in [0.1, 0.15) is 18.2 Å². The van der Waals surface area contributed by atoms with E-state index in [1.165, 1.54) is 0 Å². The standard InChI is InChI=1S/C19H26Cl2N4O2.HI/c1-4-22-19(24-13-15-11-17(20)18(21)25(15)2)23-12-14-6-5-7-16(10-14)27-9-8-26-3;/h5-7,10-11H,4,8-9,12-13H2,1-3H3,(H2,22,23,24);1H. The van der Waals surface area contributed by atoms with Gasteiger partial charge in [-0.1, -0.05) is 35.3 Å². The van der Waals surface area contributed by atoms with Crippen molar-refractivity contribution >= 4 is 53.1 Å². The van der Waals surface area contributed by atoms with Crippen LogP contribution in [0.5, 0.6) is 5.75 Å². The number of aliphatic imine (C=N–C) groups is 1. The number of methoxy groups -OCH3 is 1. The van der Waals surface area contributed by atoms with Crippen molar-refractivity contribution < 1.29 is 9.47 Å². The molecule has 156 valence electrons. The maximum atomic E-state index is 6.11. The van der Waals surface area contributed by atoms with Gasteiger partial charge in [-0.15, -0.1) is 24.0 Å². The van der Waals surface area contributed by atoms with E-state index < -0.39 is 0 Å². The van der Waals surface area contributed by atoms with Crippen molar-refractivity contribution in [2.45, 2.75) is 20.0 Å². The van der Waals surface area contributed by atoms with Crippen molar-refractivity contribution in [2.75, 3.05) is 26.9 Å². The molecule has 2 rings (SSSR count). The van der Waals surface area contributed by atoms with Crippen molar-refractivity contribution in [2.24, 2.45) is 12.0 Å². The van der Waals surface area contributed by atoms with E-state index in [0.717, 1.165) is 29.5 Å². The van der Waals surface area contributed by atoms with Crippen LogP contribution < -0.4 is 15.4 Å². The monoisotopic (exact) mass is 540 g/mol. The number of hydrogen-bond acceptors (Lipinski definition) is 3. The van der Waals surface area contributed by atoms with Crippen LogP contribution in [-0.2, 0) is 24.9 Å².